The maximum absolute atomic E-state index is 14.6. The Kier molecular flexibility index (Phi) is 11.3. The van der Waals surface area contributed by atoms with Crippen LogP contribution in [0.15, 0.2) is 108 Å². The van der Waals surface area contributed by atoms with Gasteiger partial charge in [0.2, 0.25) is 11.8 Å². The summed E-state index contributed by atoms with van der Waals surface area (Å²) in [6.45, 7) is 4.99. The van der Waals surface area contributed by atoms with Crippen LogP contribution in [0.25, 0.3) is 0 Å². The summed E-state index contributed by atoms with van der Waals surface area (Å²) in [6, 6.07) is 28.3. The molecule has 0 spiro atoms. The third kappa shape index (κ3) is 8.65. The van der Waals surface area contributed by atoms with Gasteiger partial charge in [-0.1, -0.05) is 78.3 Å². The van der Waals surface area contributed by atoms with Crippen LogP contribution in [0.3, 0.4) is 0 Å². The molecular formula is C35H38ClN3O5S. The predicted octanol–water partition coefficient (Wildman–Crippen LogP) is 6.02. The lowest BCUT2D eigenvalue weighted by Gasteiger charge is -2.34. The van der Waals surface area contributed by atoms with Crippen LogP contribution in [0.1, 0.15) is 30.5 Å². The second-order valence-corrected chi connectivity index (χ2v) is 13.3. The molecule has 8 nitrogen and oxygen atoms in total. The number of anilines is 1. The summed E-state index contributed by atoms with van der Waals surface area (Å²) in [5.41, 5.74) is 2.58. The molecule has 0 aromatic heterocycles. The Morgan fingerprint density at radius 2 is 1.49 bits per heavy atom. The number of ether oxygens (including phenoxy) is 1. The summed E-state index contributed by atoms with van der Waals surface area (Å²) < 4.78 is 35.0. The number of carbonyl (C=O) groups is 2. The molecule has 0 saturated carbocycles. The molecule has 1 atom stereocenters. The van der Waals surface area contributed by atoms with E-state index < -0.39 is 28.5 Å². The molecule has 0 bridgehead atoms. The van der Waals surface area contributed by atoms with Gasteiger partial charge >= 0.3 is 0 Å². The van der Waals surface area contributed by atoms with Crippen LogP contribution in [-0.4, -0.2) is 50.9 Å². The third-order valence-corrected chi connectivity index (χ3v) is 9.21. The van der Waals surface area contributed by atoms with Crippen LogP contribution in [0.4, 0.5) is 5.69 Å². The summed E-state index contributed by atoms with van der Waals surface area (Å²) in [5.74, 6) is -0.620. The van der Waals surface area contributed by atoms with Crippen molar-refractivity contribution < 1.29 is 22.7 Å². The molecule has 4 rings (SSSR count). The Morgan fingerprint density at radius 3 is 2.09 bits per heavy atom. The molecule has 0 aliphatic rings. The van der Waals surface area contributed by atoms with Crippen molar-refractivity contribution in [2.45, 2.75) is 50.7 Å². The van der Waals surface area contributed by atoms with Gasteiger partial charge in [0, 0.05) is 24.0 Å². The first-order chi connectivity index (χ1) is 21.5. The average Bonchev–Trinajstić information content (AvgIpc) is 3.02. The molecule has 1 N–H and O–H groups in total. The van der Waals surface area contributed by atoms with Crippen LogP contribution in [0, 0.1) is 6.92 Å². The van der Waals surface area contributed by atoms with E-state index in [1.54, 1.807) is 60.7 Å². The molecule has 0 heterocycles. The van der Waals surface area contributed by atoms with E-state index in [-0.39, 0.29) is 41.2 Å². The van der Waals surface area contributed by atoms with Crippen molar-refractivity contribution in [3.05, 3.63) is 125 Å². The molecule has 0 unspecified atom stereocenters. The van der Waals surface area contributed by atoms with E-state index in [0.717, 1.165) is 21.0 Å². The Morgan fingerprint density at radius 1 is 0.867 bits per heavy atom. The smallest absolute Gasteiger partial charge is 0.264 e. The normalized spacial score (nSPS) is 12.0. The standard InChI is InChI=1S/C35H38ClN3O5S/c1-25(2)37-35(41)32(22-27-11-7-5-8-12-27)38(23-28-16-18-29(36)19-17-28)34(40)24-39(31-21-26(3)15-20-33(31)44-4)45(42,43)30-13-9-6-10-14-30/h5-21,25,32H,22-24H2,1-4H3,(H,37,41)/t32-/m1/s1. The van der Waals surface area contributed by atoms with Gasteiger partial charge in [0.1, 0.15) is 18.3 Å². The molecule has 0 saturated heterocycles. The molecule has 0 radical (unpaired) electrons. The minimum Gasteiger partial charge on any atom is -0.495 e. The number of nitrogens with zero attached hydrogens (tertiary/aromatic N) is 2. The van der Waals surface area contributed by atoms with E-state index in [9.17, 15) is 18.0 Å². The van der Waals surface area contributed by atoms with Gasteiger partial charge < -0.3 is 15.0 Å². The summed E-state index contributed by atoms with van der Waals surface area (Å²) in [5, 5.41) is 3.48. The van der Waals surface area contributed by atoms with Crippen molar-refractivity contribution >= 4 is 39.1 Å². The van der Waals surface area contributed by atoms with Gasteiger partial charge in [-0.2, -0.15) is 0 Å². The lowest BCUT2D eigenvalue weighted by atomic mass is 10.0. The van der Waals surface area contributed by atoms with Crippen LogP contribution < -0.4 is 14.4 Å². The quantitative estimate of drug-likeness (QED) is 0.192. The van der Waals surface area contributed by atoms with Gasteiger partial charge in [0.15, 0.2) is 0 Å². The number of halogens is 1. The summed E-state index contributed by atoms with van der Waals surface area (Å²) in [6.07, 6.45) is 0.220. The van der Waals surface area contributed by atoms with Crippen molar-refractivity contribution in [3.8, 4) is 5.75 Å². The van der Waals surface area contributed by atoms with Gasteiger partial charge in [0.05, 0.1) is 17.7 Å². The van der Waals surface area contributed by atoms with Crippen molar-refractivity contribution in [2.24, 2.45) is 0 Å². The highest BCUT2D eigenvalue weighted by Gasteiger charge is 2.35. The number of hydrogen-bond acceptors (Lipinski definition) is 5. The molecule has 2 amide bonds. The van der Waals surface area contributed by atoms with Crippen LogP contribution in [-0.2, 0) is 32.6 Å². The van der Waals surface area contributed by atoms with E-state index in [1.807, 2.05) is 51.1 Å². The molecule has 0 aliphatic heterocycles. The molecule has 4 aromatic carbocycles. The van der Waals surface area contributed by atoms with Crippen molar-refractivity contribution in [3.63, 3.8) is 0 Å². The van der Waals surface area contributed by atoms with Crippen molar-refractivity contribution in [1.29, 1.82) is 0 Å². The van der Waals surface area contributed by atoms with E-state index in [2.05, 4.69) is 5.32 Å². The van der Waals surface area contributed by atoms with E-state index >= 15 is 0 Å². The summed E-state index contributed by atoms with van der Waals surface area (Å²) >= 11 is 6.14. The van der Waals surface area contributed by atoms with Crippen LogP contribution >= 0.6 is 11.6 Å². The first-order valence-electron chi connectivity index (χ1n) is 14.6. The molecule has 10 heteroatoms. The topological polar surface area (TPSA) is 96.0 Å². The number of nitrogens with one attached hydrogen (secondary N) is 1. The SMILES string of the molecule is COc1ccc(C)cc1N(CC(=O)N(Cc1ccc(Cl)cc1)[C@H](Cc1ccccc1)C(=O)NC(C)C)S(=O)(=O)c1ccccc1. The molecular weight excluding hydrogens is 610 g/mol. The number of benzene rings is 4. The van der Waals surface area contributed by atoms with Gasteiger partial charge in [-0.3, -0.25) is 13.9 Å². The van der Waals surface area contributed by atoms with E-state index in [4.69, 9.17) is 16.3 Å². The van der Waals surface area contributed by atoms with E-state index in [0.29, 0.717) is 5.02 Å². The molecule has 4 aromatic rings. The van der Waals surface area contributed by atoms with E-state index in [1.165, 1.54) is 24.1 Å². The molecule has 0 fully saturated rings. The minimum absolute atomic E-state index is 0.0176. The fraction of sp³-hybridized carbons (Fsp3) is 0.257. The number of aryl methyl sites for hydroxylation is 1. The Balaban J connectivity index is 1.84. The predicted molar refractivity (Wildman–Crippen MR) is 178 cm³/mol. The lowest BCUT2D eigenvalue weighted by Crippen LogP contribution is -2.54. The highest BCUT2D eigenvalue weighted by molar-refractivity contribution is 7.92. The third-order valence-electron chi connectivity index (χ3n) is 7.18. The summed E-state index contributed by atoms with van der Waals surface area (Å²) in [4.78, 5) is 29.8. The van der Waals surface area contributed by atoms with Crippen LogP contribution in [0.2, 0.25) is 5.02 Å². The van der Waals surface area contributed by atoms with Gasteiger partial charge in [-0.15, -0.1) is 0 Å². The van der Waals surface area contributed by atoms with Crippen molar-refractivity contribution in [1.82, 2.24) is 10.2 Å². The fourth-order valence-electron chi connectivity index (χ4n) is 4.95. The molecule has 236 valence electrons. The fourth-order valence-corrected chi connectivity index (χ4v) is 6.51. The maximum atomic E-state index is 14.6. The maximum Gasteiger partial charge on any atom is 0.264 e. The number of hydrogen-bond donors (Lipinski definition) is 1. The van der Waals surface area contributed by atoms with Crippen LogP contribution in [0.5, 0.6) is 5.75 Å². The number of carbonyl (C=O) groups excluding carboxylic acids is 2. The zero-order valence-electron chi connectivity index (χ0n) is 25.8. The largest absolute Gasteiger partial charge is 0.495 e. The first-order valence-corrected chi connectivity index (χ1v) is 16.4. The first kappa shape index (κ1) is 33.6. The Labute approximate surface area is 270 Å². The second-order valence-electron chi connectivity index (χ2n) is 11.0. The second kappa shape index (κ2) is 15.1. The van der Waals surface area contributed by atoms with Gasteiger partial charge in [-0.05, 0) is 73.9 Å². The average molecular weight is 648 g/mol. The number of sulfonamides is 1. The number of rotatable bonds is 13. The Bertz CT molecular complexity index is 1700. The lowest BCUT2D eigenvalue weighted by molar-refractivity contribution is -0.140. The zero-order valence-corrected chi connectivity index (χ0v) is 27.4. The highest BCUT2D eigenvalue weighted by Crippen LogP contribution is 2.34. The van der Waals surface area contributed by atoms with Gasteiger partial charge in [0.25, 0.3) is 10.0 Å². The van der Waals surface area contributed by atoms with Crippen molar-refractivity contribution in [2.75, 3.05) is 18.0 Å². The molecule has 45 heavy (non-hydrogen) atoms. The molecule has 0 aliphatic carbocycles. The monoisotopic (exact) mass is 647 g/mol. The number of amides is 2. The van der Waals surface area contributed by atoms with Gasteiger partial charge in [-0.25, -0.2) is 8.42 Å². The minimum atomic E-state index is -4.25. The number of methoxy groups -OCH3 is 1. The highest BCUT2D eigenvalue weighted by atomic mass is 35.5. The summed E-state index contributed by atoms with van der Waals surface area (Å²) in [7, 11) is -2.80. The Hall–Kier alpha value is -4.34. The zero-order chi connectivity index (χ0) is 32.6.